The van der Waals surface area contributed by atoms with E-state index in [1.165, 1.54) is 0 Å². The molecule has 2 rings (SSSR count). The van der Waals surface area contributed by atoms with Crippen molar-refractivity contribution in [3.05, 3.63) is 42.2 Å². The first-order valence-corrected chi connectivity index (χ1v) is 5.91. The number of imidazole rings is 1. The summed E-state index contributed by atoms with van der Waals surface area (Å²) in [5.74, 6) is 0. The van der Waals surface area contributed by atoms with E-state index in [1.807, 2.05) is 42.1 Å². The van der Waals surface area contributed by atoms with E-state index >= 15 is 0 Å². The summed E-state index contributed by atoms with van der Waals surface area (Å²) in [6.45, 7) is 1.76. The maximum absolute atomic E-state index is 9.39. The Balaban J connectivity index is 2.14. The van der Waals surface area contributed by atoms with Crippen LogP contribution in [0.1, 0.15) is 18.6 Å². The van der Waals surface area contributed by atoms with Crippen molar-refractivity contribution in [2.24, 2.45) is 7.05 Å². The van der Waals surface area contributed by atoms with E-state index in [2.05, 4.69) is 4.98 Å². The highest BCUT2D eigenvalue weighted by molar-refractivity contribution is 7.99. The summed E-state index contributed by atoms with van der Waals surface area (Å²) in [5.41, 5.74) is 0.934. The zero-order valence-electron chi connectivity index (χ0n) is 9.29. The van der Waals surface area contributed by atoms with Crippen LogP contribution in [0.25, 0.3) is 0 Å². The first-order valence-electron chi connectivity index (χ1n) is 5.10. The van der Waals surface area contributed by atoms with Crippen LogP contribution in [0, 0.1) is 0 Å². The van der Waals surface area contributed by atoms with Crippen molar-refractivity contribution in [1.82, 2.24) is 9.55 Å². The molecule has 3 nitrogen and oxygen atoms in total. The molecule has 0 aliphatic heterocycles. The zero-order valence-corrected chi connectivity index (χ0v) is 10.1. The first kappa shape index (κ1) is 11.2. The summed E-state index contributed by atoms with van der Waals surface area (Å²) in [7, 11) is 1.97. The number of aliphatic hydroxyl groups excluding tert-OH is 1. The van der Waals surface area contributed by atoms with Gasteiger partial charge < -0.3 is 9.67 Å². The standard InChI is InChI=1S/C12H14N2OS/c1-9(15)10-3-5-11(6-4-10)16-12-13-7-8-14(12)2/h3-9,15H,1-2H3/t9-/m1/s1. The van der Waals surface area contributed by atoms with Gasteiger partial charge in [0.05, 0.1) is 6.10 Å². The van der Waals surface area contributed by atoms with E-state index < -0.39 is 6.10 Å². The van der Waals surface area contributed by atoms with Crippen molar-refractivity contribution in [2.75, 3.05) is 0 Å². The summed E-state index contributed by atoms with van der Waals surface area (Å²) in [6.07, 6.45) is 3.30. The molecule has 1 aromatic carbocycles. The van der Waals surface area contributed by atoms with Crippen molar-refractivity contribution < 1.29 is 5.11 Å². The fraction of sp³-hybridized carbons (Fsp3) is 0.250. The van der Waals surface area contributed by atoms with Gasteiger partial charge in [0, 0.05) is 24.3 Å². The Morgan fingerprint density at radius 3 is 2.50 bits per heavy atom. The fourth-order valence-corrected chi connectivity index (χ4v) is 2.17. The Hall–Kier alpha value is -1.26. The Morgan fingerprint density at radius 2 is 2.00 bits per heavy atom. The molecule has 16 heavy (non-hydrogen) atoms. The predicted molar refractivity (Wildman–Crippen MR) is 64.4 cm³/mol. The molecule has 0 saturated heterocycles. The van der Waals surface area contributed by atoms with Crippen LogP contribution in [0.2, 0.25) is 0 Å². The van der Waals surface area contributed by atoms with E-state index in [-0.39, 0.29) is 0 Å². The molecule has 0 aliphatic rings. The highest BCUT2D eigenvalue weighted by atomic mass is 32.2. The van der Waals surface area contributed by atoms with Crippen molar-refractivity contribution in [3.63, 3.8) is 0 Å². The van der Waals surface area contributed by atoms with Crippen LogP contribution in [0.15, 0.2) is 46.7 Å². The summed E-state index contributed by atoms with van der Waals surface area (Å²) in [4.78, 5) is 5.37. The van der Waals surface area contributed by atoms with Crippen LogP contribution in [0.3, 0.4) is 0 Å². The Labute approximate surface area is 99.1 Å². The number of benzene rings is 1. The minimum Gasteiger partial charge on any atom is -0.389 e. The van der Waals surface area contributed by atoms with Gasteiger partial charge in [-0.05, 0) is 24.6 Å². The van der Waals surface area contributed by atoms with Gasteiger partial charge in [-0.15, -0.1) is 0 Å². The van der Waals surface area contributed by atoms with Gasteiger partial charge in [-0.2, -0.15) is 0 Å². The quantitative estimate of drug-likeness (QED) is 0.887. The molecular formula is C12H14N2OS. The molecule has 0 spiro atoms. The topological polar surface area (TPSA) is 38.1 Å². The Morgan fingerprint density at radius 1 is 1.31 bits per heavy atom. The van der Waals surface area contributed by atoms with Gasteiger partial charge in [0.15, 0.2) is 5.16 Å². The smallest absolute Gasteiger partial charge is 0.172 e. The third kappa shape index (κ3) is 2.46. The third-order valence-corrected chi connectivity index (χ3v) is 3.43. The molecule has 2 aromatic rings. The van der Waals surface area contributed by atoms with Gasteiger partial charge in [-0.1, -0.05) is 23.9 Å². The van der Waals surface area contributed by atoms with Crippen molar-refractivity contribution >= 4 is 11.8 Å². The minimum absolute atomic E-state index is 0.410. The molecular weight excluding hydrogens is 220 g/mol. The molecule has 1 N–H and O–H groups in total. The normalized spacial score (nSPS) is 12.7. The maximum atomic E-state index is 9.39. The lowest BCUT2D eigenvalue weighted by Gasteiger charge is -2.05. The lowest BCUT2D eigenvalue weighted by Crippen LogP contribution is -1.91. The third-order valence-electron chi connectivity index (χ3n) is 2.35. The molecule has 1 aromatic heterocycles. The SMILES string of the molecule is C[C@@H](O)c1ccc(Sc2nccn2C)cc1. The van der Waals surface area contributed by atoms with Gasteiger partial charge in [-0.3, -0.25) is 0 Å². The van der Waals surface area contributed by atoms with Crippen molar-refractivity contribution in [1.29, 1.82) is 0 Å². The second-order valence-electron chi connectivity index (χ2n) is 3.67. The minimum atomic E-state index is -0.410. The van der Waals surface area contributed by atoms with Gasteiger partial charge >= 0.3 is 0 Å². The number of aliphatic hydroxyl groups is 1. The number of nitrogens with zero attached hydrogens (tertiary/aromatic N) is 2. The second kappa shape index (κ2) is 4.72. The highest BCUT2D eigenvalue weighted by Gasteiger charge is 2.04. The predicted octanol–water partition coefficient (Wildman–Crippen LogP) is 2.62. The van der Waals surface area contributed by atoms with Crippen LogP contribution in [-0.4, -0.2) is 14.7 Å². The second-order valence-corrected chi connectivity index (χ2v) is 4.71. The molecule has 0 aliphatic carbocycles. The van der Waals surface area contributed by atoms with Crippen molar-refractivity contribution in [3.8, 4) is 0 Å². The van der Waals surface area contributed by atoms with Gasteiger partial charge in [0.2, 0.25) is 0 Å². The lowest BCUT2D eigenvalue weighted by atomic mass is 10.1. The van der Waals surface area contributed by atoms with Crippen LogP contribution in [0.5, 0.6) is 0 Å². The number of rotatable bonds is 3. The lowest BCUT2D eigenvalue weighted by molar-refractivity contribution is 0.199. The van der Waals surface area contributed by atoms with Gasteiger partial charge in [0.25, 0.3) is 0 Å². The van der Waals surface area contributed by atoms with Crippen LogP contribution >= 0.6 is 11.8 Å². The molecule has 0 fully saturated rings. The molecule has 0 bridgehead atoms. The molecule has 1 heterocycles. The number of aromatic nitrogens is 2. The molecule has 0 saturated carbocycles. The summed E-state index contributed by atoms with van der Waals surface area (Å²) >= 11 is 1.61. The van der Waals surface area contributed by atoms with Crippen LogP contribution in [0.4, 0.5) is 0 Å². The summed E-state index contributed by atoms with van der Waals surface area (Å²) in [6, 6.07) is 7.88. The Kier molecular flexibility index (Phi) is 3.31. The van der Waals surface area contributed by atoms with E-state index in [1.54, 1.807) is 24.9 Å². The molecule has 0 radical (unpaired) electrons. The largest absolute Gasteiger partial charge is 0.389 e. The van der Waals surface area contributed by atoms with E-state index in [4.69, 9.17) is 0 Å². The average Bonchev–Trinajstić information content (AvgIpc) is 2.65. The zero-order chi connectivity index (χ0) is 11.5. The summed E-state index contributed by atoms with van der Waals surface area (Å²) in [5, 5.41) is 10.4. The molecule has 84 valence electrons. The fourth-order valence-electron chi connectivity index (χ4n) is 1.37. The van der Waals surface area contributed by atoms with E-state index in [0.29, 0.717) is 0 Å². The highest BCUT2D eigenvalue weighted by Crippen LogP contribution is 2.26. The van der Waals surface area contributed by atoms with Crippen LogP contribution in [-0.2, 0) is 7.05 Å². The first-order chi connectivity index (χ1) is 7.66. The monoisotopic (exact) mass is 234 g/mol. The number of aryl methyl sites for hydroxylation is 1. The van der Waals surface area contributed by atoms with Gasteiger partial charge in [0.1, 0.15) is 0 Å². The van der Waals surface area contributed by atoms with E-state index in [0.717, 1.165) is 15.6 Å². The average molecular weight is 234 g/mol. The van der Waals surface area contributed by atoms with E-state index in [9.17, 15) is 5.11 Å². The van der Waals surface area contributed by atoms with Crippen molar-refractivity contribution in [2.45, 2.75) is 23.1 Å². The van der Waals surface area contributed by atoms with Gasteiger partial charge in [-0.25, -0.2) is 4.98 Å². The maximum Gasteiger partial charge on any atom is 0.172 e. The molecule has 4 heteroatoms. The molecule has 1 atom stereocenters. The Bertz CT molecular complexity index is 462. The molecule has 0 unspecified atom stereocenters. The van der Waals surface area contributed by atoms with Crippen LogP contribution < -0.4 is 0 Å². The summed E-state index contributed by atoms with van der Waals surface area (Å²) < 4.78 is 1.98. The molecule has 0 amide bonds. The number of hydrogen-bond donors (Lipinski definition) is 1. The number of hydrogen-bond acceptors (Lipinski definition) is 3.